The van der Waals surface area contributed by atoms with Crippen molar-refractivity contribution in [3.8, 4) is 11.5 Å². The second-order valence-electron chi connectivity index (χ2n) is 15.2. The molecule has 2 atom stereocenters. The van der Waals surface area contributed by atoms with Gasteiger partial charge in [-0.2, -0.15) is 0 Å². The first-order valence-corrected chi connectivity index (χ1v) is 30.3. The molecule has 0 aromatic heterocycles. The normalized spacial score (nSPS) is 21.8. The van der Waals surface area contributed by atoms with Gasteiger partial charge < -0.3 is 18.9 Å². The number of methoxy groups -OCH3 is 2. The quantitative estimate of drug-likeness (QED) is 0.0923. The standard InChI is InChI=1S/C15H20N2O3.C15H20N2O2S.C14H14O2P2S4/c1-11(2)7-6-10-17-14(18)13(20-15(19)16-17)12-8-4-3-5-9-12;1-11(2)7-6-10-17-14(20)13(19-15(18)16-17)12-8-4-3-5-9-12;1-15-11-3-7-13(8-4-11)17(19)21-18(20,22-17)14-9-5-12(16-2)6-10-14/h3-5,8-9,11,13H,6-7,10H2,1-2H3,(H,16,19);3-5,8-9,11,13H,6-7,10H2,1-2H3,(H,16,18);3-10H,1-2H3. The van der Waals surface area contributed by atoms with Crippen molar-refractivity contribution in [3.63, 3.8) is 0 Å². The van der Waals surface area contributed by atoms with Crippen molar-refractivity contribution in [2.75, 3.05) is 27.3 Å². The van der Waals surface area contributed by atoms with Crippen LogP contribution in [-0.2, 0) is 37.9 Å². The first kappa shape index (κ1) is 49.4. The molecule has 3 saturated heterocycles. The molecule has 0 saturated carbocycles. The molecule has 7 rings (SSSR count). The molecule has 0 spiro atoms. The number of nitrogens with one attached hydrogen (secondary N) is 2. The van der Waals surface area contributed by atoms with Gasteiger partial charge >= 0.3 is 12.2 Å². The molecule has 3 fully saturated rings. The summed E-state index contributed by atoms with van der Waals surface area (Å²) in [6.45, 7) is 9.86. The van der Waals surface area contributed by atoms with Crippen molar-refractivity contribution in [1.82, 2.24) is 20.9 Å². The van der Waals surface area contributed by atoms with Crippen LogP contribution in [0.2, 0.25) is 0 Å². The highest BCUT2D eigenvalue weighted by atomic mass is 33.7. The number of rotatable bonds is 14. The minimum absolute atomic E-state index is 0.223. The summed E-state index contributed by atoms with van der Waals surface area (Å²) in [6.07, 6.45) is 1.61. The zero-order chi connectivity index (χ0) is 44.9. The Hall–Kier alpha value is -3.62. The molecule has 0 radical (unpaired) electrons. The van der Waals surface area contributed by atoms with Crippen molar-refractivity contribution >= 4 is 100 Å². The van der Waals surface area contributed by atoms with Gasteiger partial charge in [0, 0.05) is 29.3 Å². The van der Waals surface area contributed by atoms with Crippen molar-refractivity contribution in [2.45, 2.75) is 65.6 Å². The maximum atomic E-state index is 12.3. The van der Waals surface area contributed by atoms with Crippen LogP contribution in [0.3, 0.4) is 0 Å². The summed E-state index contributed by atoms with van der Waals surface area (Å²) in [4.78, 5) is 36.2. The molecule has 3 aliphatic heterocycles. The highest BCUT2D eigenvalue weighted by molar-refractivity contribution is 9.48. The molecular weight excluding hydrogens is 919 g/mol. The SMILES string of the molecule is CC(C)CCCN1NC(=O)OC(c2ccccc2)C1=O.CC(C)CCCN1NC(=O)OC(c2ccccc2)C1=S.COc1ccc(P2(=S)SP(=S)(c3ccc(OC)cc3)S2)cc1. The lowest BCUT2D eigenvalue weighted by molar-refractivity contribution is -0.149. The third-order valence-electron chi connectivity index (χ3n) is 9.62. The van der Waals surface area contributed by atoms with Crippen LogP contribution >= 0.6 is 43.1 Å². The van der Waals surface area contributed by atoms with E-state index in [0.29, 0.717) is 28.9 Å². The molecule has 0 bridgehead atoms. The molecule has 3 aliphatic rings. The Bertz CT molecular complexity index is 2050. The summed E-state index contributed by atoms with van der Waals surface area (Å²) in [5.74, 6) is 2.71. The number of cyclic esters (lactones) is 2. The Labute approximate surface area is 388 Å². The molecular formula is C44H54N4O7P2S5. The second-order valence-corrected chi connectivity index (χ2v) is 36.9. The lowest BCUT2D eigenvalue weighted by Gasteiger charge is -2.40. The molecule has 3 heterocycles. The van der Waals surface area contributed by atoms with Gasteiger partial charge in [0.2, 0.25) is 6.10 Å². The molecule has 2 N–H and O–H groups in total. The van der Waals surface area contributed by atoms with Crippen LogP contribution in [0.15, 0.2) is 109 Å². The summed E-state index contributed by atoms with van der Waals surface area (Å²) in [7, 11) is 3.34. The van der Waals surface area contributed by atoms with Gasteiger partial charge in [0.15, 0.2) is 6.10 Å². The van der Waals surface area contributed by atoms with Gasteiger partial charge in [0.05, 0.1) is 23.1 Å². The molecule has 0 aliphatic carbocycles. The molecule has 11 nitrogen and oxygen atoms in total. The molecule has 4 aromatic rings. The largest absolute Gasteiger partial charge is 0.497 e. The summed E-state index contributed by atoms with van der Waals surface area (Å²) in [5, 5.41) is 5.53. The number of thiocarbonyl (C=S) groups is 1. The highest BCUT2D eigenvalue weighted by Crippen LogP contribution is 3.04. The Morgan fingerprint density at radius 2 is 1.00 bits per heavy atom. The third kappa shape index (κ3) is 13.7. The van der Waals surface area contributed by atoms with E-state index >= 15 is 0 Å². The van der Waals surface area contributed by atoms with E-state index in [1.54, 1.807) is 31.4 Å². The summed E-state index contributed by atoms with van der Waals surface area (Å²) in [6, 6.07) is 34.9. The smallest absolute Gasteiger partial charge is 0.427 e. The van der Waals surface area contributed by atoms with Crippen molar-refractivity contribution in [1.29, 1.82) is 0 Å². The van der Waals surface area contributed by atoms with Crippen LogP contribution < -0.4 is 30.9 Å². The third-order valence-corrected chi connectivity index (χ3v) is 41.3. The van der Waals surface area contributed by atoms with Gasteiger partial charge in [0.1, 0.15) is 16.5 Å². The van der Waals surface area contributed by atoms with Crippen LogP contribution in [0.4, 0.5) is 9.59 Å². The number of amides is 3. The summed E-state index contributed by atoms with van der Waals surface area (Å²) >= 11 is 21.0. The minimum atomic E-state index is -1.66. The van der Waals surface area contributed by atoms with E-state index in [1.807, 2.05) is 94.8 Å². The monoisotopic (exact) mass is 972 g/mol. The van der Waals surface area contributed by atoms with Gasteiger partial charge in [-0.1, -0.05) is 146 Å². The Morgan fingerprint density at radius 1 is 0.613 bits per heavy atom. The average Bonchev–Trinajstić information content (AvgIpc) is 3.26. The number of hydrogen-bond donors (Lipinski definition) is 2. The predicted octanol–water partition coefficient (Wildman–Crippen LogP) is 10.8. The lowest BCUT2D eigenvalue weighted by Crippen LogP contribution is -2.54. The fraction of sp³-hybridized carbons (Fsp3) is 0.364. The number of hydrazine groups is 2. The molecule has 332 valence electrons. The fourth-order valence-electron chi connectivity index (χ4n) is 6.31. The van der Waals surface area contributed by atoms with E-state index in [4.69, 9.17) is 54.8 Å². The fourth-order valence-corrected chi connectivity index (χ4v) is 48.9. The lowest BCUT2D eigenvalue weighted by atomic mass is 10.1. The maximum absolute atomic E-state index is 12.3. The average molecular weight is 973 g/mol. The highest BCUT2D eigenvalue weighted by Gasteiger charge is 2.46. The van der Waals surface area contributed by atoms with E-state index in [0.717, 1.165) is 49.3 Å². The number of carbonyl (C=O) groups excluding carboxylic acids is 3. The van der Waals surface area contributed by atoms with Crippen LogP contribution in [0, 0.1) is 11.8 Å². The predicted molar refractivity (Wildman–Crippen MR) is 266 cm³/mol. The first-order valence-electron chi connectivity index (χ1n) is 20.2. The van der Waals surface area contributed by atoms with Crippen LogP contribution in [0.1, 0.15) is 76.7 Å². The van der Waals surface area contributed by atoms with E-state index < -0.39 is 33.3 Å². The van der Waals surface area contributed by atoms with Crippen molar-refractivity contribution in [2.24, 2.45) is 11.8 Å². The number of benzene rings is 4. The van der Waals surface area contributed by atoms with Gasteiger partial charge in [-0.3, -0.25) is 9.80 Å². The van der Waals surface area contributed by atoms with Gasteiger partial charge in [-0.15, -0.1) is 0 Å². The van der Waals surface area contributed by atoms with Gasteiger partial charge in [-0.05, 0) is 91.6 Å². The number of carbonyl (C=O) groups is 3. The van der Waals surface area contributed by atoms with Gasteiger partial charge in [-0.25, -0.2) is 25.4 Å². The molecule has 2 unspecified atom stereocenters. The Kier molecular flexibility index (Phi) is 18.6. The van der Waals surface area contributed by atoms with E-state index in [2.05, 4.69) is 62.8 Å². The molecule has 3 amide bonds. The maximum Gasteiger partial charge on any atom is 0.427 e. The van der Waals surface area contributed by atoms with E-state index in [-0.39, 0.29) is 5.91 Å². The molecule has 4 aromatic carbocycles. The van der Waals surface area contributed by atoms with Crippen LogP contribution in [-0.4, -0.2) is 60.4 Å². The van der Waals surface area contributed by atoms with Crippen molar-refractivity contribution < 1.29 is 33.3 Å². The van der Waals surface area contributed by atoms with E-state index in [9.17, 15) is 14.4 Å². The van der Waals surface area contributed by atoms with Crippen LogP contribution in [0.5, 0.6) is 11.5 Å². The van der Waals surface area contributed by atoms with Crippen molar-refractivity contribution in [3.05, 3.63) is 120 Å². The zero-order valence-electron chi connectivity index (χ0n) is 35.6. The second kappa shape index (κ2) is 23.4. The molecule has 18 heteroatoms. The topological polar surface area (TPSA) is 119 Å². The zero-order valence-corrected chi connectivity index (χ0v) is 41.5. The number of hydrogen-bond acceptors (Lipinski definition) is 12. The molecule has 62 heavy (non-hydrogen) atoms. The number of ether oxygens (including phenoxy) is 4. The Morgan fingerprint density at radius 3 is 1.42 bits per heavy atom. The van der Waals surface area contributed by atoms with Gasteiger partial charge in [0.25, 0.3) is 5.91 Å². The summed E-state index contributed by atoms with van der Waals surface area (Å²) in [5.41, 5.74) is 6.73. The minimum Gasteiger partial charge on any atom is -0.497 e. The number of nitrogens with zero attached hydrogens (tertiary/aromatic N) is 2. The van der Waals surface area contributed by atoms with Crippen LogP contribution in [0.25, 0.3) is 0 Å². The summed E-state index contributed by atoms with van der Waals surface area (Å²) < 4.78 is 17.5. The Balaban J connectivity index is 0.000000176. The first-order chi connectivity index (χ1) is 29.6. The van der Waals surface area contributed by atoms with E-state index in [1.165, 1.54) is 15.6 Å².